The monoisotopic (exact) mass is 346 g/mol. The van der Waals surface area contributed by atoms with Crippen LogP contribution in [-0.2, 0) is 14.9 Å². The second kappa shape index (κ2) is 6.68. The third-order valence-electron chi connectivity index (χ3n) is 4.56. The Morgan fingerprint density at radius 1 is 1.25 bits per heavy atom. The van der Waals surface area contributed by atoms with Crippen LogP contribution >= 0.6 is 11.3 Å². The van der Waals surface area contributed by atoms with Gasteiger partial charge in [-0.15, -0.1) is 11.3 Å². The molecule has 0 amide bonds. The van der Waals surface area contributed by atoms with Crippen molar-refractivity contribution in [1.82, 2.24) is 4.98 Å². The maximum atomic E-state index is 12.4. The van der Waals surface area contributed by atoms with Crippen LogP contribution in [-0.4, -0.2) is 23.0 Å². The number of non-ortho nitro benzene ring substituents is 1. The number of ether oxygens (including phenoxy) is 1. The molecule has 1 aromatic heterocycles. The lowest BCUT2D eigenvalue weighted by molar-refractivity contribution is -0.384. The first-order chi connectivity index (χ1) is 11.6. The van der Waals surface area contributed by atoms with Crippen LogP contribution < -0.4 is 0 Å². The minimum Gasteiger partial charge on any atom is -0.468 e. The van der Waals surface area contributed by atoms with Crippen LogP contribution in [0.3, 0.4) is 0 Å². The second-order valence-corrected chi connectivity index (χ2v) is 7.00. The average Bonchev–Trinajstić information content (AvgIpc) is 3.12. The number of nitro groups is 1. The molecule has 7 heteroatoms. The fraction of sp³-hybridized carbons (Fsp3) is 0.412. The van der Waals surface area contributed by atoms with Crippen molar-refractivity contribution >= 4 is 23.0 Å². The average molecular weight is 346 g/mol. The lowest BCUT2D eigenvalue weighted by atomic mass is 9.74. The molecule has 0 atom stereocenters. The zero-order valence-corrected chi connectivity index (χ0v) is 14.2. The molecule has 3 rings (SSSR count). The van der Waals surface area contributed by atoms with Crippen LogP contribution in [0.5, 0.6) is 0 Å². The summed E-state index contributed by atoms with van der Waals surface area (Å²) in [4.78, 5) is 28.2. The quantitative estimate of drug-likeness (QED) is 0.473. The third kappa shape index (κ3) is 2.91. The number of carbonyl (C=O) groups excluding carboxylic acids is 1. The van der Waals surface area contributed by atoms with E-state index >= 15 is 0 Å². The Labute approximate surface area is 143 Å². The highest BCUT2D eigenvalue weighted by Crippen LogP contribution is 2.43. The van der Waals surface area contributed by atoms with Gasteiger partial charge in [-0.2, -0.15) is 0 Å². The first kappa shape index (κ1) is 16.6. The van der Waals surface area contributed by atoms with Crippen LogP contribution in [0.25, 0.3) is 10.4 Å². The van der Waals surface area contributed by atoms with Crippen molar-refractivity contribution in [3.63, 3.8) is 0 Å². The molecule has 0 saturated heterocycles. The normalized spacial score (nSPS) is 16.5. The fourth-order valence-electron chi connectivity index (χ4n) is 3.23. The van der Waals surface area contributed by atoms with Crippen LogP contribution in [0.2, 0.25) is 0 Å². The van der Waals surface area contributed by atoms with Crippen molar-refractivity contribution in [1.29, 1.82) is 0 Å². The van der Waals surface area contributed by atoms with Gasteiger partial charge in [0.25, 0.3) is 5.69 Å². The standard InChI is InChI=1S/C17H18N2O4S/c1-23-16(20)17(9-3-2-4-10-17)15-18-11-14(24-15)12-5-7-13(8-6-12)19(21)22/h5-8,11H,2-4,9-10H2,1H3. The van der Waals surface area contributed by atoms with Crippen molar-refractivity contribution in [3.05, 3.63) is 45.6 Å². The predicted octanol–water partition coefficient (Wildman–Crippen LogP) is 4.09. The Bertz CT molecular complexity index is 748. The molecule has 1 fully saturated rings. The number of methoxy groups -OCH3 is 1. The van der Waals surface area contributed by atoms with Gasteiger partial charge >= 0.3 is 5.97 Å². The number of nitrogens with zero attached hydrogens (tertiary/aromatic N) is 2. The van der Waals surface area contributed by atoms with Crippen molar-refractivity contribution in [3.8, 4) is 10.4 Å². The summed E-state index contributed by atoms with van der Waals surface area (Å²) < 4.78 is 5.06. The zero-order valence-electron chi connectivity index (χ0n) is 13.4. The molecule has 0 bridgehead atoms. The third-order valence-corrected chi connectivity index (χ3v) is 5.81. The molecule has 1 aliphatic rings. The molecule has 1 heterocycles. The number of rotatable bonds is 4. The van der Waals surface area contributed by atoms with Gasteiger partial charge in [0, 0.05) is 18.3 Å². The summed E-state index contributed by atoms with van der Waals surface area (Å²) in [6, 6.07) is 6.37. The summed E-state index contributed by atoms with van der Waals surface area (Å²) in [6.07, 6.45) is 6.35. The number of benzene rings is 1. The Hall–Kier alpha value is -2.28. The highest BCUT2D eigenvalue weighted by Gasteiger charge is 2.44. The topological polar surface area (TPSA) is 82.3 Å². The second-order valence-electron chi connectivity index (χ2n) is 5.97. The Morgan fingerprint density at radius 3 is 2.50 bits per heavy atom. The summed E-state index contributed by atoms with van der Waals surface area (Å²) in [5.41, 5.74) is 0.276. The van der Waals surface area contributed by atoms with Crippen molar-refractivity contribution < 1.29 is 14.5 Å². The molecule has 126 valence electrons. The van der Waals surface area contributed by atoms with E-state index < -0.39 is 10.3 Å². The van der Waals surface area contributed by atoms with Gasteiger partial charge in [-0.25, -0.2) is 4.98 Å². The molecule has 24 heavy (non-hydrogen) atoms. The van der Waals surface area contributed by atoms with E-state index in [9.17, 15) is 14.9 Å². The highest BCUT2D eigenvalue weighted by molar-refractivity contribution is 7.15. The van der Waals surface area contributed by atoms with Crippen LogP contribution in [0.1, 0.15) is 37.1 Å². The van der Waals surface area contributed by atoms with E-state index in [1.165, 1.54) is 30.6 Å². The first-order valence-corrected chi connectivity index (χ1v) is 8.68. The molecule has 0 spiro atoms. The molecular weight excluding hydrogens is 328 g/mol. The van der Waals surface area contributed by atoms with Gasteiger partial charge < -0.3 is 4.74 Å². The maximum absolute atomic E-state index is 12.4. The van der Waals surface area contributed by atoms with Crippen LogP contribution in [0.4, 0.5) is 5.69 Å². The number of aromatic nitrogens is 1. The van der Waals surface area contributed by atoms with Gasteiger partial charge in [0.15, 0.2) is 0 Å². The Morgan fingerprint density at radius 2 is 1.92 bits per heavy atom. The molecule has 1 aromatic carbocycles. The number of hydrogen-bond acceptors (Lipinski definition) is 6. The lowest BCUT2D eigenvalue weighted by Gasteiger charge is -2.32. The number of hydrogen-bond donors (Lipinski definition) is 0. The summed E-state index contributed by atoms with van der Waals surface area (Å²) >= 11 is 1.47. The van der Waals surface area contributed by atoms with E-state index in [2.05, 4.69) is 4.98 Å². The lowest BCUT2D eigenvalue weighted by Crippen LogP contribution is -2.38. The predicted molar refractivity (Wildman–Crippen MR) is 91.0 cm³/mol. The molecular formula is C17H18N2O4S. The van der Waals surface area contributed by atoms with Crippen molar-refractivity contribution in [2.75, 3.05) is 7.11 Å². The molecule has 0 radical (unpaired) electrons. The molecule has 0 unspecified atom stereocenters. The zero-order chi connectivity index (χ0) is 17.2. The van der Waals surface area contributed by atoms with Crippen molar-refractivity contribution in [2.24, 2.45) is 0 Å². The summed E-state index contributed by atoms with van der Waals surface area (Å²) in [5, 5.41) is 11.5. The fourth-order valence-corrected chi connectivity index (χ4v) is 4.39. The van der Waals surface area contributed by atoms with E-state index in [4.69, 9.17) is 4.74 Å². The van der Waals surface area contributed by atoms with Gasteiger partial charge in [0.05, 0.1) is 16.9 Å². The minimum atomic E-state index is -0.642. The molecule has 0 aliphatic heterocycles. The van der Waals surface area contributed by atoms with Gasteiger partial charge in [0.2, 0.25) is 0 Å². The van der Waals surface area contributed by atoms with E-state index in [0.29, 0.717) is 0 Å². The van der Waals surface area contributed by atoms with Gasteiger partial charge in [-0.05, 0) is 30.5 Å². The number of carbonyl (C=O) groups is 1. The summed E-state index contributed by atoms with van der Waals surface area (Å²) in [6.45, 7) is 0. The molecule has 6 nitrogen and oxygen atoms in total. The smallest absolute Gasteiger partial charge is 0.318 e. The summed E-state index contributed by atoms with van der Waals surface area (Å²) in [7, 11) is 1.42. The Balaban J connectivity index is 1.93. The first-order valence-electron chi connectivity index (χ1n) is 7.86. The molecule has 1 aliphatic carbocycles. The van der Waals surface area contributed by atoms with Gasteiger partial charge in [0.1, 0.15) is 10.4 Å². The van der Waals surface area contributed by atoms with E-state index in [-0.39, 0.29) is 11.7 Å². The molecule has 1 saturated carbocycles. The van der Waals surface area contributed by atoms with Gasteiger partial charge in [-0.1, -0.05) is 19.3 Å². The number of nitro benzene ring substituents is 1. The Kier molecular flexibility index (Phi) is 4.62. The van der Waals surface area contributed by atoms with E-state index in [0.717, 1.165) is 47.6 Å². The summed E-state index contributed by atoms with van der Waals surface area (Å²) in [5.74, 6) is -0.216. The van der Waals surface area contributed by atoms with Crippen molar-refractivity contribution in [2.45, 2.75) is 37.5 Å². The van der Waals surface area contributed by atoms with E-state index in [1.807, 2.05) is 0 Å². The maximum Gasteiger partial charge on any atom is 0.318 e. The molecule has 0 N–H and O–H groups in total. The minimum absolute atomic E-state index is 0.0572. The van der Waals surface area contributed by atoms with E-state index in [1.54, 1.807) is 18.3 Å². The number of esters is 1. The number of thiazole rings is 1. The SMILES string of the molecule is COC(=O)C1(c2ncc(-c3ccc([N+](=O)[O-])cc3)s2)CCCCC1. The van der Waals surface area contributed by atoms with Gasteiger partial charge in [-0.3, -0.25) is 14.9 Å². The highest BCUT2D eigenvalue weighted by atomic mass is 32.1. The van der Waals surface area contributed by atoms with Crippen LogP contribution in [0, 0.1) is 10.1 Å². The van der Waals surface area contributed by atoms with Crippen LogP contribution in [0.15, 0.2) is 30.5 Å². The largest absolute Gasteiger partial charge is 0.468 e. The molecule has 2 aromatic rings.